The summed E-state index contributed by atoms with van der Waals surface area (Å²) in [6.07, 6.45) is 2.92. The summed E-state index contributed by atoms with van der Waals surface area (Å²) in [4.78, 5) is 16.6. The molecule has 0 bridgehead atoms. The third kappa shape index (κ3) is 5.36. The average Bonchev–Trinajstić information content (AvgIpc) is 3.01. The van der Waals surface area contributed by atoms with Crippen LogP contribution in [0, 0.1) is 5.92 Å². The lowest BCUT2D eigenvalue weighted by atomic mass is 9.73. The summed E-state index contributed by atoms with van der Waals surface area (Å²) in [5.74, 6) is 0.102. The topological polar surface area (TPSA) is 101 Å². The van der Waals surface area contributed by atoms with Crippen LogP contribution >= 0.6 is 0 Å². The van der Waals surface area contributed by atoms with Crippen molar-refractivity contribution in [1.82, 2.24) is 4.98 Å². The highest BCUT2D eigenvalue weighted by molar-refractivity contribution is 6.62. The van der Waals surface area contributed by atoms with Crippen LogP contribution in [0.15, 0.2) is 48.7 Å². The van der Waals surface area contributed by atoms with E-state index >= 15 is 0 Å². The van der Waals surface area contributed by atoms with Gasteiger partial charge in [-0.15, -0.1) is 0 Å². The molecule has 8 heteroatoms. The summed E-state index contributed by atoms with van der Waals surface area (Å²) in [5.41, 5.74) is -2.30. The van der Waals surface area contributed by atoms with Gasteiger partial charge in [-0.1, -0.05) is 25.1 Å². The number of nitrogens with zero attached hydrogens (tertiary/aromatic N) is 1. The second-order valence-corrected chi connectivity index (χ2v) is 10.7. The van der Waals surface area contributed by atoms with Crippen molar-refractivity contribution in [3.8, 4) is 0 Å². The predicted octanol–water partition coefficient (Wildman–Crippen LogP) is 3.55. The molecule has 7 nitrogen and oxygen atoms in total. The van der Waals surface area contributed by atoms with Crippen LogP contribution < -0.4 is 10.8 Å². The molecule has 3 atom stereocenters. The van der Waals surface area contributed by atoms with Crippen molar-refractivity contribution >= 4 is 24.3 Å². The van der Waals surface area contributed by atoms with Crippen LogP contribution in [-0.4, -0.2) is 50.6 Å². The molecule has 1 fully saturated rings. The zero-order valence-corrected chi connectivity index (χ0v) is 21.3. The first kappa shape index (κ1) is 26.4. The fourth-order valence-electron chi connectivity index (χ4n) is 4.08. The van der Waals surface area contributed by atoms with Crippen molar-refractivity contribution in [3.05, 3.63) is 54.2 Å². The minimum absolute atomic E-state index is 0.153. The zero-order chi connectivity index (χ0) is 25.4. The number of aliphatic hydroxyl groups is 2. The van der Waals surface area contributed by atoms with E-state index in [0.717, 1.165) is 5.46 Å². The molecule has 184 valence electrons. The van der Waals surface area contributed by atoms with Gasteiger partial charge in [0.15, 0.2) is 0 Å². The van der Waals surface area contributed by atoms with Gasteiger partial charge in [-0.2, -0.15) is 0 Å². The lowest BCUT2D eigenvalue weighted by Crippen LogP contribution is -2.53. The minimum Gasteiger partial charge on any atom is -0.399 e. The van der Waals surface area contributed by atoms with Crippen LogP contribution in [0.5, 0.6) is 0 Å². The first-order valence-electron chi connectivity index (χ1n) is 11.8. The van der Waals surface area contributed by atoms with E-state index < -0.39 is 29.5 Å². The van der Waals surface area contributed by atoms with Gasteiger partial charge in [0.1, 0.15) is 5.82 Å². The lowest BCUT2D eigenvalue weighted by molar-refractivity contribution is -0.152. The number of carbonyl (C=O) groups excluding carboxylic acids is 1. The van der Waals surface area contributed by atoms with Crippen LogP contribution in [0.2, 0.25) is 0 Å². The van der Waals surface area contributed by atoms with E-state index in [1.54, 1.807) is 51.2 Å². The lowest BCUT2D eigenvalue weighted by Gasteiger charge is -2.43. The van der Waals surface area contributed by atoms with Crippen molar-refractivity contribution in [2.45, 2.75) is 83.7 Å². The van der Waals surface area contributed by atoms with E-state index in [1.807, 2.05) is 45.9 Å². The number of nitrogens with one attached hydrogen (secondary N) is 1. The fraction of sp³-hybridized carbons (Fsp3) is 0.538. The van der Waals surface area contributed by atoms with Gasteiger partial charge in [0.05, 0.1) is 22.4 Å². The number of benzene rings is 1. The van der Waals surface area contributed by atoms with Crippen molar-refractivity contribution < 1.29 is 24.3 Å². The predicted molar refractivity (Wildman–Crippen MR) is 134 cm³/mol. The SMILES string of the molecule is CC(CCC1(C)OB(c2ccc(C(=O)Nc3ccccn3)cc2)OC1(C)C)C(C)(O)C(C)(C)O. The van der Waals surface area contributed by atoms with Crippen molar-refractivity contribution in [2.24, 2.45) is 5.92 Å². The molecule has 1 aliphatic heterocycles. The highest BCUT2D eigenvalue weighted by atomic mass is 16.7. The van der Waals surface area contributed by atoms with Crippen LogP contribution in [0.3, 0.4) is 0 Å². The third-order valence-electron chi connectivity index (χ3n) is 7.65. The Bertz CT molecular complexity index is 989. The molecule has 1 aromatic heterocycles. The Labute approximate surface area is 203 Å². The van der Waals surface area contributed by atoms with Crippen LogP contribution in [-0.2, 0) is 9.31 Å². The molecule has 1 amide bonds. The second kappa shape index (κ2) is 9.42. The van der Waals surface area contributed by atoms with E-state index in [2.05, 4.69) is 10.3 Å². The number of pyridine rings is 1. The zero-order valence-electron chi connectivity index (χ0n) is 21.3. The first-order valence-corrected chi connectivity index (χ1v) is 11.8. The maximum absolute atomic E-state index is 12.5. The molecule has 1 saturated heterocycles. The summed E-state index contributed by atoms with van der Waals surface area (Å²) in [5, 5.41) is 24.0. The van der Waals surface area contributed by atoms with E-state index in [4.69, 9.17) is 9.31 Å². The van der Waals surface area contributed by atoms with Gasteiger partial charge in [0.2, 0.25) is 0 Å². The quantitative estimate of drug-likeness (QED) is 0.513. The van der Waals surface area contributed by atoms with Crippen molar-refractivity contribution in [1.29, 1.82) is 0 Å². The van der Waals surface area contributed by atoms with Gasteiger partial charge in [-0.25, -0.2) is 4.98 Å². The number of hydrogen-bond donors (Lipinski definition) is 3. The molecule has 0 aliphatic carbocycles. The molecule has 0 saturated carbocycles. The summed E-state index contributed by atoms with van der Waals surface area (Å²) in [6, 6.07) is 12.5. The van der Waals surface area contributed by atoms with Crippen molar-refractivity contribution in [2.75, 3.05) is 5.32 Å². The Morgan fingerprint density at radius 2 is 1.74 bits per heavy atom. The number of hydrogen-bond acceptors (Lipinski definition) is 6. The van der Waals surface area contributed by atoms with Gasteiger partial charge in [0.25, 0.3) is 5.91 Å². The van der Waals surface area contributed by atoms with Gasteiger partial charge in [-0.3, -0.25) is 4.79 Å². The van der Waals surface area contributed by atoms with Crippen LogP contribution in [0.4, 0.5) is 5.82 Å². The molecular formula is C26H37BN2O5. The number of rotatable bonds is 8. The molecule has 1 aromatic carbocycles. The molecule has 0 spiro atoms. The summed E-state index contributed by atoms with van der Waals surface area (Å²) >= 11 is 0. The van der Waals surface area contributed by atoms with Gasteiger partial charge < -0.3 is 24.8 Å². The monoisotopic (exact) mass is 468 g/mol. The van der Waals surface area contributed by atoms with Crippen molar-refractivity contribution in [3.63, 3.8) is 0 Å². The molecule has 0 radical (unpaired) electrons. The Morgan fingerprint density at radius 1 is 1.09 bits per heavy atom. The van der Waals surface area contributed by atoms with E-state index in [1.165, 1.54) is 0 Å². The number of anilines is 1. The number of amides is 1. The molecule has 3 rings (SSSR count). The van der Waals surface area contributed by atoms with Crippen LogP contribution in [0.1, 0.15) is 71.7 Å². The largest absolute Gasteiger partial charge is 0.494 e. The highest BCUT2D eigenvalue weighted by Crippen LogP contribution is 2.43. The number of aromatic nitrogens is 1. The smallest absolute Gasteiger partial charge is 0.399 e. The maximum atomic E-state index is 12.5. The molecule has 34 heavy (non-hydrogen) atoms. The average molecular weight is 468 g/mol. The van der Waals surface area contributed by atoms with E-state index in [0.29, 0.717) is 24.2 Å². The highest BCUT2D eigenvalue weighted by Gasteiger charge is 2.55. The molecule has 3 unspecified atom stereocenters. The Balaban J connectivity index is 1.67. The molecule has 3 N–H and O–H groups in total. The van der Waals surface area contributed by atoms with E-state index in [-0.39, 0.29) is 11.8 Å². The second-order valence-electron chi connectivity index (χ2n) is 10.7. The summed E-state index contributed by atoms with van der Waals surface area (Å²) in [7, 11) is -0.571. The van der Waals surface area contributed by atoms with Crippen LogP contribution in [0.25, 0.3) is 0 Å². The fourth-order valence-corrected chi connectivity index (χ4v) is 4.08. The Kier molecular flexibility index (Phi) is 7.30. The molecule has 2 heterocycles. The van der Waals surface area contributed by atoms with E-state index in [9.17, 15) is 15.0 Å². The van der Waals surface area contributed by atoms with Gasteiger partial charge in [0, 0.05) is 11.8 Å². The van der Waals surface area contributed by atoms with Gasteiger partial charge >= 0.3 is 7.12 Å². The first-order chi connectivity index (χ1) is 15.7. The molecular weight excluding hydrogens is 431 g/mol. The maximum Gasteiger partial charge on any atom is 0.494 e. The summed E-state index contributed by atoms with van der Waals surface area (Å²) < 4.78 is 12.7. The molecule has 1 aliphatic rings. The standard InChI is InChI=1S/C26H37BN2O5/c1-18(26(7,32)23(2,3)31)15-16-25(6)24(4,5)33-27(34-25)20-13-11-19(12-14-20)22(30)29-21-10-8-9-17-28-21/h8-14,17-18,31-32H,15-16H2,1-7H3,(H,28,29,30). The summed E-state index contributed by atoms with van der Waals surface area (Å²) in [6.45, 7) is 12.9. The molecule has 2 aromatic rings. The normalized spacial score (nSPS) is 22.8. The Morgan fingerprint density at radius 3 is 2.29 bits per heavy atom. The third-order valence-corrected chi connectivity index (χ3v) is 7.65. The Hall–Kier alpha value is -2.26. The number of carbonyl (C=O) groups is 1. The van der Waals surface area contributed by atoms with Gasteiger partial charge in [-0.05, 0) is 90.0 Å². The minimum atomic E-state index is -1.24.